The van der Waals surface area contributed by atoms with Crippen molar-refractivity contribution in [1.82, 2.24) is 5.06 Å². The minimum atomic E-state index is -0.849. The standard InChI is InChI=1S/C21H34N10O8.2CH4/c1-17(27-30-24)12-38-16-21(13-35-9-2-7-25-28-22,14-36-10-3-8-26-29-23)15-37-11-6-20(34)39-31-18(32)4-5-19(31)33;;/h17H,2-16H2,1H3;2*1H4. The molecule has 1 heterocycles. The van der Waals surface area contributed by atoms with Crippen LogP contribution in [0.3, 0.4) is 0 Å². The number of carbonyl (C=O) groups is 3. The molecule has 1 aliphatic heterocycles. The van der Waals surface area contributed by atoms with Gasteiger partial charge in [-0.3, -0.25) is 9.59 Å². The van der Waals surface area contributed by atoms with Gasteiger partial charge in [-0.2, -0.15) is 0 Å². The van der Waals surface area contributed by atoms with E-state index in [2.05, 4.69) is 30.1 Å². The largest absolute Gasteiger partial charge is 0.381 e. The van der Waals surface area contributed by atoms with E-state index in [0.717, 1.165) is 0 Å². The maximum Gasteiger partial charge on any atom is 0.335 e. The quantitative estimate of drug-likeness (QED) is 0.0543. The van der Waals surface area contributed by atoms with Crippen LogP contribution in [-0.4, -0.2) is 94.8 Å². The van der Waals surface area contributed by atoms with E-state index in [0.29, 0.717) is 17.9 Å². The molecule has 0 radical (unpaired) electrons. The van der Waals surface area contributed by atoms with E-state index in [1.54, 1.807) is 6.92 Å². The van der Waals surface area contributed by atoms with Gasteiger partial charge in [0.15, 0.2) is 0 Å². The third-order valence-electron chi connectivity index (χ3n) is 5.11. The lowest BCUT2D eigenvalue weighted by Gasteiger charge is -2.33. The second-order valence-corrected chi connectivity index (χ2v) is 8.64. The van der Waals surface area contributed by atoms with Crippen LogP contribution < -0.4 is 0 Å². The number of nitrogens with zero attached hydrogens (tertiary/aromatic N) is 10. The van der Waals surface area contributed by atoms with Gasteiger partial charge in [-0.05, 0) is 29.4 Å². The van der Waals surface area contributed by atoms with Crippen LogP contribution in [0.1, 0.15) is 53.9 Å². The summed E-state index contributed by atoms with van der Waals surface area (Å²) in [5.41, 5.74) is 24.6. The summed E-state index contributed by atoms with van der Waals surface area (Å²) in [6, 6.07) is -0.422. The van der Waals surface area contributed by atoms with Crippen molar-refractivity contribution < 1.29 is 38.2 Å². The lowest BCUT2D eigenvalue weighted by Crippen LogP contribution is -2.42. The van der Waals surface area contributed by atoms with Gasteiger partial charge in [0.1, 0.15) is 0 Å². The summed E-state index contributed by atoms with van der Waals surface area (Å²) < 4.78 is 23.1. The summed E-state index contributed by atoms with van der Waals surface area (Å²) in [6.45, 7) is 3.21. The number of amides is 2. The van der Waals surface area contributed by atoms with Crippen molar-refractivity contribution in [3.8, 4) is 0 Å². The van der Waals surface area contributed by atoms with E-state index in [1.165, 1.54) is 0 Å². The maximum absolute atomic E-state index is 12.1. The van der Waals surface area contributed by atoms with E-state index in [9.17, 15) is 14.4 Å². The van der Waals surface area contributed by atoms with Crippen molar-refractivity contribution in [1.29, 1.82) is 0 Å². The highest BCUT2D eigenvalue weighted by atomic mass is 16.7. The molecule has 0 aromatic heterocycles. The second kappa shape index (κ2) is 24.2. The van der Waals surface area contributed by atoms with Crippen molar-refractivity contribution in [2.24, 2.45) is 20.8 Å². The Bertz CT molecular complexity index is 889. The number of azide groups is 3. The lowest BCUT2D eigenvalue weighted by atomic mass is 9.92. The van der Waals surface area contributed by atoms with Crippen molar-refractivity contribution in [2.75, 3.05) is 65.9 Å². The Hall–Kier alpha value is -3.62. The molecule has 0 aromatic rings. The number of ether oxygens (including phenoxy) is 4. The van der Waals surface area contributed by atoms with Crippen molar-refractivity contribution in [3.05, 3.63) is 31.3 Å². The summed E-state index contributed by atoms with van der Waals surface area (Å²) in [7, 11) is 0. The normalized spacial score (nSPS) is 14.3. The van der Waals surface area contributed by atoms with Crippen LogP contribution in [-0.2, 0) is 38.2 Å². The molecular formula is C23H42N10O8. The molecule has 18 nitrogen and oxygen atoms in total. The fourth-order valence-corrected chi connectivity index (χ4v) is 3.21. The predicted octanol–water partition coefficient (Wildman–Crippen LogP) is 4.41. The first-order valence-electron chi connectivity index (χ1n) is 12.3. The number of hydrogen-bond donors (Lipinski definition) is 0. The molecule has 0 aromatic carbocycles. The highest BCUT2D eigenvalue weighted by Gasteiger charge is 2.34. The third kappa shape index (κ3) is 17.6. The molecule has 232 valence electrons. The molecule has 0 N–H and O–H groups in total. The first kappa shape index (κ1) is 39.5. The zero-order valence-electron chi connectivity index (χ0n) is 21.9. The minimum absolute atomic E-state index is 0. The molecule has 0 spiro atoms. The van der Waals surface area contributed by atoms with Gasteiger partial charge in [0.2, 0.25) is 0 Å². The molecule has 1 atom stereocenters. The number of hydroxylamine groups is 2. The Morgan fingerprint density at radius 1 is 0.854 bits per heavy atom. The van der Waals surface area contributed by atoms with E-state index in [4.69, 9.17) is 40.4 Å². The Balaban J connectivity index is 0. The molecule has 1 fully saturated rings. The van der Waals surface area contributed by atoms with Crippen LogP contribution in [0.25, 0.3) is 31.3 Å². The highest BCUT2D eigenvalue weighted by molar-refractivity contribution is 6.01. The van der Waals surface area contributed by atoms with Crippen molar-refractivity contribution in [3.63, 3.8) is 0 Å². The maximum atomic E-state index is 12.1. The third-order valence-corrected chi connectivity index (χ3v) is 5.11. The number of hydrogen-bond acceptors (Lipinski definition) is 11. The molecule has 0 saturated carbocycles. The zero-order valence-corrected chi connectivity index (χ0v) is 21.9. The fraction of sp³-hybridized carbons (Fsp3) is 0.870. The van der Waals surface area contributed by atoms with Gasteiger partial charge in [-0.25, -0.2) is 4.79 Å². The average Bonchev–Trinajstić information content (AvgIpc) is 3.22. The van der Waals surface area contributed by atoms with Gasteiger partial charge in [-0.1, -0.05) is 37.1 Å². The van der Waals surface area contributed by atoms with Crippen LogP contribution in [0.2, 0.25) is 0 Å². The highest BCUT2D eigenvalue weighted by Crippen LogP contribution is 2.22. The SMILES string of the molecule is C.C.CC(COCC(COCCCN=[N+]=[N-])(COCCCN=[N+]=[N-])COCCC(=O)ON1C(=O)CCC1=O)N=[N+]=[N-]. The summed E-state index contributed by atoms with van der Waals surface area (Å²) in [6.07, 6.45) is 0.747. The van der Waals surface area contributed by atoms with Crippen LogP contribution in [0.5, 0.6) is 0 Å². The molecule has 0 aliphatic carbocycles. The molecule has 1 aliphatic rings. The summed E-state index contributed by atoms with van der Waals surface area (Å²) in [5.74, 6) is -1.95. The van der Waals surface area contributed by atoms with E-state index >= 15 is 0 Å². The summed E-state index contributed by atoms with van der Waals surface area (Å²) in [4.78, 5) is 48.3. The van der Waals surface area contributed by atoms with E-state index < -0.39 is 29.2 Å². The Morgan fingerprint density at radius 3 is 1.83 bits per heavy atom. The Morgan fingerprint density at radius 2 is 1.34 bits per heavy atom. The second-order valence-electron chi connectivity index (χ2n) is 8.64. The van der Waals surface area contributed by atoms with Crippen LogP contribution in [0, 0.1) is 5.41 Å². The molecular weight excluding hydrogens is 544 g/mol. The van der Waals surface area contributed by atoms with Crippen LogP contribution in [0.15, 0.2) is 15.3 Å². The Kier molecular flexibility index (Phi) is 23.3. The minimum Gasteiger partial charge on any atom is -0.381 e. The number of rotatable bonds is 23. The van der Waals surface area contributed by atoms with Crippen molar-refractivity contribution in [2.45, 2.75) is 59.9 Å². The summed E-state index contributed by atoms with van der Waals surface area (Å²) in [5, 5.41) is 11.0. The topological polar surface area (TPSA) is 247 Å². The first-order valence-corrected chi connectivity index (χ1v) is 12.3. The van der Waals surface area contributed by atoms with Crippen molar-refractivity contribution >= 4 is 17.8 Å². The zero-order chi connectivity index (χ0) is 28.8. The molecule has 2 amide bonds. The molecule has 1 unspecified atom stereocenters. The smallest absolute Gasteiger partial charge is 0.335 e. The molecule has 18 heteroatoms. The van der Waals surface area contributed by atoms with Crippen LogP contribution >= 0.6 is 0 Å². The average molecular weight is 587 g/mol. The number of imide groups is 1. The first-order chi connectivity index (χ1) is 18.9. The monoisotopic (exact) mass is 586 g/mol. The Labute approximate surface area is 239 Å². The fourth-order valence-electron chi connectivity index (χ4n) is 3.21. The molecule has 1 rings (SSSR count). The van der Waals surface area contributed by atoms with Gasteiger partial charge < -0.3 is 23.8 Å². The van der Waals surface area contributed by atoms with Gasteiger partial charge in [0, 0.05) is 53.9 Å². The lowest BCUT2D eigenvalue weighted by molar-refractivity contribution is -0.198. The number of carbonyl (C=O) groups excluding carboxylic acids is 3. The van der Waals surface area contributed by atoms with Gasteiger partial charge in [-0.15, -0.1) is 5.06 Å². The molecule has 1 saturated heterocycles. The van der Waals surface area contributed by atoms with Gasteiger partial charge in [0.25, 0.3) is 11.8 Å². The molecule has 0 bridgehead atoms. The van der Waals surface area contributed by atoms with E-state index in [-0.39, 0.29) is 100 Å². The predicted molar refractivity (Wildman–Crippen MR) is 147 cm³/mol. The van der Waals surface area contributed by atoms with Crippen LogP contribution in [0.4, 0.5) is 0 Å². The summed E-state index contributed by atoms with van der Waals surface area (Å²) >= 11 is 0. The van der Waals surface area contributed by atoms with Gasteiger partial charge in [0.05, 0.1) is 57.5 Å². The molecule has 41 heavy (non-hydrogen) atoms. The van der Waals surface area contributed by atoms with E-state index in [1.807, 2.05) is 0 Å². The van der Waals surface area contributed by atoms with Gasteiger partial charge >= 0.3 is 5.97 Å².